The van der Waals surface area contributed by atoms with Crippen molar-refractivity contribution >= 4 is 23.6 Å². The summed E-state index contributed by atoms with van der Waals surface area (Å²) in [5.41, 5.74) is 0. The lowest BCUT2D eigenvalue weighted by Gasteiger charge is -2.41. The summed E-state index contributed by atoms with van der Waals surface area (Å²) in [5, 5.41) is 9.16. The van der Waals surface area contributed by atoms with Crippen molar-refractivity contribution in [3.05, 3.63) is 0 Å². The van der Waals surface area contributed by atoms with Crippen molar-refractivity contribution in [2.45, 2.75) is 111 Å². The Hall–Kier alpha value is -2.32. The normalized spacial score (nSPS) is 21.7. The van der Waals surface area contributed by atoms with Gasteiger partial charge in [0.2, 0.25) is 23.6 Å². The number of amides is 4. The van der Waals surface area contributed by atoms with E-state index in [4.69, 9.17) is 9.47 Å². The number of rotatable bonds is 20. The van der Waals surface area contributed by atoms with Gasteiger partial charge in [-0.2, -0.15) is 0 Å². The fourth-order valence-corrected chi connectivity index (χ4v) is 7.62. The summed E-state index contributed by atoms with van der Waals surface area (Å²) >= 11 is 0. The highest BCUT2D eigenvalue weighted by Crippen LogP contribution is 2.29. The number of carbonyl (C=O) groups excluding carboxylic acids is 4. The summed E-state index contributed by atoms with van der Waals surface area (Å²) < 4.78 is 11.9. The van der Waals surface area contributed by atoms with E-state index in [1.165, 1.54) is 0 Å². The van der Waals surface area contributed by atoms with E-state index >= 15 is 0 Å². The Morgan fingerprint density at radius 3 is 2.02 bits per heavy atom. The molecule has 0 saturated carbocycles. The second kappa shape index (κ2) is 21.3. The smallest absolute Gasteiger partial charge is 0.245 e. The average Bonchev–Trinajstić information content (AvgIpc) is 3.57. The predicted octanol–water partition coefficient (Wildman–Crippen LogP) is 1.66. The molecule has 8 atom stereocenters. The number of hydrogen-bond donors (Lipinski definition) is 3. The van der Waals surface area contributed by atoms with E-state index in [-0.39, 0.29) is 53.8 Å². The molecule has 2 fully saturated rings. The zero-order chi connectivity index (χ0) is 37.7. The topological polar surface area (TPSA) is 136 Å². The molecule has 0 spiro atoms. The first-order valence-electron chi connectivity index (χ1n) is 18.9. The maximum atomic E-state index is 14.1. The highest BCUT2D eigenvalue weighted by molar-refractivity contribution is 5.90. The predicted molar refractivity (Wildman–Crippen MR) is 198 cm³/mol. The fourth-order valence-electron chi connectivity index (χ4n) is 7.62. The van der Waals surface area contributed by atoms with Crippen LogP contribution in [0.4, 0.5) is 0 Å². The van der Waals surface area contributed by atoms with Gasteiger partial charge in [-0.3, -0.25) is 24.1 Å². The van der Waals surface area contributed by atoms with Crippen molar-refractivity contribution in [3.8, 4) is 0 Å². The summed E-state index contributed by atoms with van der Waals surface area (Å²) in [6.07, 6.45) is 1.38. The molecule has 2 saturated heterocycles. The van der Waals surface area contributed by atoms with Gasteiger partial charge in [0.05, 0.1) is 42.7 Å². The van der Waals surface area contributed by atoms with Gasteiger partial charge in [0, 0.05) is 67.1 Å². The first kappa shape index (κ1) is 43.8. The Kier molecular flexibility index (Phi) is 18.6. The van der Waals surface area contributed by atoms with E-state index < -0.39 is 36.3 Å². The Morgan fingerprint density at radius 1 is 0.880 bits per heavy atom. The Bertz CT molecular complexity index is 1070. The van der Waals surface area contributed by atoms with Crippen LogP contribution < -0.4 is 16.0 Å². The van der Waals surface area contributed by atoms with Crippen LogP contribution in [0.1, 0.15) is 74.1 Å². The van der Waals surface area contributed by atoms with Crippen LogP contribution >= 0.6 is 0 Å². The van der Waals surface area contributed by atoms with Crippen molar-refractivity contribution in [2.75, 3.05) is 81.2 Å². The maximum absolute atomic E-state index is 14.1. The summed E-state index contributed by atoms with van der Waals surface area (Å²) in [5.74, 6) is -1.11. The molecule has 0 aromatic rings. The van der Waals surface area contributed by atoms with Gasteiger partial charge in [-0.25, -0.2) is 0 Å². The number of nitrogens with one attached hydrogen (secondary N) is 3. The van der Waals surface area contributed by atoms with Crippen molar-refractivity contribution in [3.63, 3.8) is 0 Å². The number of piperazine rings is 1. The number of methoxy groups -OCH3 is 2. The molecule has 0 bridgehead atoms. The highest BCUT2D eigenvalue weighted by atomic mass is 16.5. The van der Waals surface area contributed by atoms with Gasteiger partial charge in [0.1, 0.15) is 6.04 Å². The molecular formula is C37H71N7O6. The minimum absolute atomic E-state index is 0.0154. The summed E-state index contributed by atoms with van der Waals surface area (Å²) in [6.45, 7) is 19.8. The molecule has 13 nitrogen and oxygen atoms in total. The summed E-state index contributed by atoms with van der Waals surface area (Å²) in [7, 11) is 8.82. The summed E-state index contributed by atoms with van der Waals surface area (Å²) in [6, 6.07) is -1.81. The zero-order valence-electron chi connectivity index (χ0n) is 33.3. The first-order chi connectivity index (χ1) is 23.6. The number of hydrogen-bond acceptors (Lipinski definition) is 9. The standard InChI is InChI=1S/C37H71N7O6/c1-13-26(6)33(42(10)37(48)32(25(4)5)40-36(47)31(38-8)24(2)3)29(49-11)23-30(45)44-17-14-15-28(44)34(50-12)27(7)35(46)39-16-18-43-21-19-41(9)20-22-43/h24-29,31-34,38H,13-23H2,1-12H3,(H,39,46)(H,40,47)/t26-,27+,28-,29+,31-,32-,33-,34+/m0/s1. The molecule has 13 heteroatoms. The molecule has 50 heavy (non-hydrogen) atoms. The van der Waals surface area contributed by atoms with Crippen molar-refractivity contribution in [1.82, 2.24) is 35.6 Å². The van der Waals surface area contributed by atoms with Crippen molar-refractivity contribution < 1.29 is 28.7 Å². The van der Waals surface area contributed by atoms with E-state index in [2.05, 4.69) is 46.6 Å². The van der Waals surface area contributed by atoms with E-state index in [1.54, 1.807) is 33.2 Å². The molecule has 2 heterocycles. The minimum atomic E-state index is -0.735. The lowest BCUT2D eigenvalue weighted by atomic mass is 9.89. The molecule has 2 aliphatic rings. The monoisotopic (exact) mass is 710 g/mol. The van der Waals surface area contributed by atoms with Crippen LogP contribution in [0, 0.1) is 23.7 Å². The fraction of sp³-hybridized carbons (Fsp3) is 0.892. The van der Waals surface area contributed by atoms with Crippen LogP contribution in [0.2, 0.25) is 0 Å². The summed E-state index contributed by atoms with van der Waals surface area (Å²) in [4.78, 5) is 62.8. The number of likely N-dealkylation sites (N-methyl/N-ethyl adjacent to an activating group) is 3. The molecule has 0 aromatic heterocycles. The van der Waals surface area contributed by atoms with Crippen LogP contribution in [0.3, 0.4) is 0 Å². The second-order valence-electron chi connectivity index (χ2n) is 15.3. The number of nitrogens with zero attached hydrogens (tertiary/aromatic N) is 4. The first-order valence-corrected chi connectivity index (χ1v) is 18.9. The van der Waals surface area contributed by atoms with E-state index in [1.807, 2.05) is 39.5 Å². The van der Waals surface area contributed by atoms with Gasteiger partial charge < -0.3 is 40.1 Å². The SMILES string of the molecule is CC[C@H](C)[C@@H]([C@@H](CC(=O)N1CCC[C@H]1[C@H](OC)[C@@H](C)C(=O)NCCN1CCN(C)CC1)OC)N(C)C(=O)[C@@H](NC(=O)[C@@H](NC)C(C)C)C(C)C. The molecule has 0 aromatic carbocycles. The number of likely N-dealkylation sites (tertiary alicyclic amines) is 1. The van der Waals surface area contributed by atoms with Gasteiger partial charge in [0.25, 0.3) is 0 Å². The third kappa shape index (κ3) is 11.9. The van der Waals surface area contributed by atoms with Gasteiger partial charge >= 0.3 is 0 Å². The quantitative estimate of drug-likeness (QED) is 0.173. The van der Waals surface area contributed by atoms with Gasteiger partial charge in [-0.1, -0.05) is 54.9 Å². The van der Waals surface area contributed by atoms with E-state index in [0.29, 0.717) is 13.1 Å². The number of ether oxygens (including phenoxy) is 2. The molecule has 2 aliphatic heterocycles. The van der Waals surface area contributed by atoms with Gasteiger partial charge in [-0.05, 0) is 44.7 Å². The molecular weight excluding hydrogens is 638 g/mol. The van der Waals surface area contributed by atoms with Crippen molar-refractivity contribution in [1.29, 1.82) is 0 Å². The van der Waals surface area contributed by atoms with Gasteiger partial charge in [0.15, 0.2) is 0 Å². The molecule has 0 radical (unpaired) electrons. The van der Waals surface area contributed by atoms with Crippen LogP contribution in [-0.4, -0.2) is 161 Å². The van der Waals surface area contributed by atoms with E-state index in [0.717, 1.165) is 52.0 Å². The molecule has 3 N–H and O–H groups in total. The molecule has 2 rings (SSSR count). The molecule has 0 aliphatic carbocycles. The largest absolute Gasteiger partial charge is 0.379 e. The molecule has 290 valence electrons. The van der Waals surface area contributed by atoms with Crippen LogP contribution in [0.25, 0.3) is 0 Å². The van der Waals surface area contributed by atoms with E-state index in [9.17, 15) is 19.2 Å². The Labute approximate surface area is 302 Å². The average molecular weight is 710 g/mol. The van der Waals surface area contributed by atoms with Gasteiger partial charge in [-0.15, -0.1) is 0 Å². The Balaban J connectivity index is 2.16. The maximum Gasteiger partial charge on any atom is 0.245 e. The Morgan fingerprint density at radius 2 is 1.50 bits per heavy atom. The highest BCUT2D eigenvalue weighted by Gasteiger charge is 2.43. The zero-order valence-corrected chi connectivity index (χ0v) is 33.3. The minimum Gasteiger partial charge on any atom is -0.379 e. The van der Waals surface area contributed by atoms with Crippen LogP contribution in [-0.2, 0) is 28.7 Å². The third-order valence-electron chi connectivity index (χ3n) is 11.1. The second-order valence-corrected chi connectivity index (χ2v) is 15.3. The van der Waals surface area contributed by atoms with Crippen LogP contribution in [0.15, 0.2) is 0 Å². The lowest BCUT2D eigenvalue weighted by Crippen LogP contribution is -2.59. The lowest BCUT2D eigenvalue weighted by molar-refractivity contribution is -0.147. The molecule has 0 unspecified atom stereocenters. The number of carbonyl (C=O) groups is 4. The molecule has 4 amide bonds. The van der Waals surface area contributed by atoms with Crippen LogP contribution in [0.5, 0.6) is 0 Å². The van der Waals surface area contributed by atoms with Crippen molar-refractivity contribution in [2.24, 2.45) is 23.7 Å². The third-order valence-corrected chi connectivity index (χ3v) is 11.1.